The molecule has 0 aromatic carbocycles. The average molecular weight is 275 g/mol. The number of aromatic nitrogens is 2. The Hall–Kier alpha value is -0.830. The predicted molar refractivity (Wildman–Crippen MR) is 82.6 cm³/mol. The van der Waals surface area contributed by atoms with E-state index in [9.17, 15) is 0 Å². The molecule has 1 N–H and O–H groups in total. The Morgan fingerprint density at radius 2 is 1.95 bits per heavy atom. The topological polar surface area (TPSA) is 29.9 Å². The minimum absolute atomic E-state index is 0.510. The Labute approximate surface area is 123 Å². The third-order valence-corrected chi connectivity index (χ3v) is 5.63. The van der Waals surface area contributed by atoms with Crippen molar-refractivity contribution in [2.45, 2.75) is 77.4 Å². The third kappa shape index (κ3) is 2.78. The molecule has 2 heterocycles. The zero-order chi connectivity index (χ0) is 14.1. The zero-order valence-electron chi connectivity index (χ0n) is 13.2. The highest BCUT2D eigenvalue weighted by atomic mass is 15.1. The lowest BCUT2D eigenvalue weighted by Crippen LogP contribution is -2.36. The summed E-state index contributed by atoms with van der Waals surface area (Å²) in [5.74, 6) is 1.72. The molecule has 1 aromatic heterocycles. The summed E-state index contributed by atoms with van der Waals surface area (Å²) in [7, 11) is 0. The van der Waals surface area contributed by atoms with Crippen LogP contribution in [-0.2, 0) is 0 Å². The molecule has 3 nitrogen and oxygen atoms in total. The lowest BCUT2D eigenvalue weighted by atomic mass is 9.79. The van der Waals surface area contributed by atoms with E-state index < -0.39 is 0 Å². The van der Waals surface area contributed by atoms with Gasteiger partial charge in [-0.3, -0.25) is 0 Å². The minimum atomic E-state index is 0.510. The first-order valence-corrected chi connectivity index (χ1v) is 8.43. The molecule has 3 rings (SSSR count). The van der Waals surface area contributed by atoms with Crippen molar-refractivity contribution in [3.63, 3.8) is 0 Å². The van der Waals surface area contributed by atoms with Crippen LogP contribution in [0.1, 0.15) is 77.1 Å². The van der Waals surface area contributed by atoms with Gasteiger partial charge in [0.15, 0.2) is 0 Å². The maximum atomic E-state index is 4.46. The van der Waals surface area contributed by atoms with Gasteiger partial charge in [-0.15, -0.1) is 0 Å². The molecule has 5 atom stereocenters. The fourth-order valence-corrected chi connectivity index (χ4v) is 4.03. The van der Waals surface area contributed by atoms with Crippen LogP contribution in [0.2, 0.25) is 0 Å². The largest absolute Gasteiger partial charge is 0.330 e. The monoisotopic (exact) mass is 275 g/mol. The van der Waals surface area contributed by atoms with E-state index in [1.165, 1.54) is 44.2 Å². The average Bonchev–Trinajstić information content (AvgIpc) is 2.91. The normalized spacial score (nSPS) is 38.9. The number of nitrogens with zero attached hydrogens (tertiary/aromatic N) is 2. The van der Waals surface area contributed by atoms with Gasteiger partial charge in [-0.1, -0.05) is 13.8 Å². The number of imidazole rings is 1. The van der Waals surface area contributed by atoms with Gasteiger partial charge in [-0.2, -0.15) is 0 Å². The first-order chi connectivity index (χ1) is 9.65. The maximum absolute atomic E-state index is 4.46. The molecule has 2 aliphatic rings. The molecule has 0 amide bonds. The van der Waals surface area contributed by atoms with Crippen molar-refractivity contribution in [2.24, 2.45) is 11.8 Å². The van der Waals surface area contributed by atoms with Crippen LogP contribution in [0.4, 0.5) is 0 Å². The molecule has 1 saturated carbocycles. The quantitative estimate of drug-likeness (QED) is 0.881. The van der Waals surface area contributed by atoms with Gasteiger partial charge in [0.1, 0.15) is 0 Å². The summed E-state index contributed by atoms with van der Waals surface area (Å²) >= 11 is 0. The molecule has 5 unspecified atom stereocenters. The van der Waals surface area contributed by atoms with Crippen LogP contribution >= 0.6 is 0 Å². The SMILES string of the molecule is CC1CCCC(c2cncn2C2CCC(C)C(C)C2)N1. The highest BCUT2D eigenvalue weighted by Crippen LogP contribution is 2.38. The zero-order valence-corrected chi connectivity index (χ0v) is 13.2. The van der Waals surface area contributed by atoms with E-state index in [2.05, 4.69) is 48.2 Å². The standard InChI is InChI=1S/C17H29N3/c1-12-7-8-15(9-13(12)2)20-11-18-10-17(20)16-6-4-5-14(3)19-16/h10-16,19H,4-9H2,1-3H3. The Kier molecular flexibility index (Phi) is 4.16. The summed E-state index contributed by atoms with van der Waals surface area (Å²) in [6.45, 7) is 7.12. The Bertz CT molecular complexity index is 439. The lowest BCUT2D eigenvalue weighted by Gasteiger charge is -2.36. The summed E-state index contributed by atoms with van der Waals surface area (Å²) in [6, 6.07) is 1.82. The Morgan fingerprint density at radius 1 is 1.10 bits per heavy atom. The van der Waals surface area contributed by atoms with Crippen molar-refractivity contribution < 1.29 is 0 Å². The van der Waals surface area contributed by atoms with Gasteiger partial charge in [0.05, 0.1) is 12.0 Å². The summed E-state index contributed by atoms with van der Waals surface area (Å²) < 4.78 is 2.48. The van der Waals surface area contributed by atoms with Crippen LogP contribution in [0.5, 0.6) is 0 Å². The molecule has 1 aliphatic heterocycles. The summed E-state index contributed by atoms with van der Waals surface area (Å²) in [4.78, 5) is 4.46. The predicted octanol–water partition coefficient (Wildman–Crippen LogP) is 4.08. The smallest absolute Gasteiger partial charge is 0.0951 e. The molecule has 20 heavy (non-hydrogen) atoms. The molecule has 0 radical (unpaired) electrons. The van der Waals surface area contributed by atoms with Crippen LogP contribution in [0, 0.1) is 11.8 Å². The van der Waals surface area contributed by atoms with Gasteiger partial charge >= 0.3 is 0 Å². The summed E-state index contributed by atoms with van der Waals surface area (Å²) in [6.07, 6.45) is 12.1. The van der Waals surface area contributed by atoms with E-state index >= 15 is 0 Å². The van der Waals surface area contributed by atoms with Crippen LogP contribution in [0.15, 0.2) is 12.5 Å². The van der Waals surface area contributed by atoms with Crippen molar-refractivity contribution >= 4 is 0 Å². The number of hydrogen-bond donors (Lipinski definition) is 1. The number of piperidine rings is 1. The number of rotatable bonds is 2. The van der Waals surface area contributed by atoms with E-state index in [1.54, 1.807) is 0 Å². The number of nitrogens with one attached hydrogen (secondary N) is 1. The van der Waals surface area contributed by atoms with Crippen molar-refractivity contribution in [1.29, 1.82) is 0 Å². The molecule has 0 spiro atoms. The Balaban J connectivity index is 1.76. The van der Waals surface area contributed by atoms with Crippen molar-refractivity contribution in [3.8, 4) is 0 Å². The maximum Gasteiger partial charge on any atom is 0.0951 e. The lowest BCUT2D eigenvalue weighted by molar-refractivity contribution is 0.203. The van der Waals surface area contributed by atoms with Crippen LogP contribution in [0.25, 0.3) is 0 Å². The van der Waals surface area contributed by atoms with Crippen molar-refractivity contribution in [2.75, 3.05) is 0 Å². The second kappa shape index (κ2) is 5.88. The summed E-state index contributed by atoms with van der Waals surface area (Å²) in [5.41, 5.74) is 1.42. The van der Waals surface area contributed by atoms with Crippen LogP contribution in [0.3, 0.4) is 0 Å². The third-order valence-electron chi connectivity index (χ3n) is 5.63. The second-order valence-corrected chi connectivity index (χ2v) is 7.20. The fourth-order valence-electron chi connectivity index (χ4n) is 4.03. The highest BCUT2D eigenvalue weighted by molar-refractivity contribution is 5.09. The second-order valence-electron chi connectivity index (χ2n) is 7.20. The first kappa shape index (κ1) is 14.1. The summed E-state index contributed by atoms with van der Waals surface area (Å²) in [5, 5.41) is 3.76. The van der Waals surface area contributed by atoms with Gasteiger partial charge in [-0.05, 0) is 57.3 Å². The van der Waals surface area contributed by atoms with E-state index in [1.807, 2.05) is 0 Å². The van der Waals surface area contributed by atoms with Crippen molar-refractivity contribution in [3.05, 3.63) is 18.2 Å². The van der Waals surface area contributed by atoms with Gasteiger partial charge in [0.25, 0.3) is 0 Å². The molecule has 112 valence electrons. The molecule has 1 saturated heterocycles. The minimum Gasteiger partial charge on any atom is -0.330 e. The fraction of sp³-hybridized carbons (Fsp3) is 0.824. The molecule has 2 fully saturated rings. The molecule has 1 aliphatic carbocycles. The molecular weight excluding hydrogens is 246 g/mol. The van der Waals surface area contributed by atoms with Crippen molar-refractivity contribution in [1.82, 2.24) is 14.9 Å². The van der Waals surface area contributed by atoms with E-state index in [0.717, 1.165) is 11.8 Å². The highest BCUT2D eigenvalue weighted by Gasteiger charge is 2.29. The van der Waals surface area contributed by atoms with E-state index in [-0.39, 0.29) is 0 Å². The molecule has 1 aromatic rings. The van der Waals surface area contributed by atoms with Crippen LogP contribution in [-0.4, -0.2) is 15.6 Å². The Morgan fingerprint density at radius 3 is 2.70 bits per heavy atom. The van der Waals surface area contributed by atoms with E-state index in [0.29, 0.717) is 18.1 Å². The van der Waals surface area contributed by atoms with Crippen LogP contribution < -0.4 is 5.32 Å². The molecule has 0 bridgehead atoms. The van der Waals surface area contributed by atoms with Gasteiger partial charge in [0, 0.05) is 24.3 Å². The van der Waals surface area contributed by atoms with Gasteiger partial charge in [-0.25, -0.2) is 4.98 Å². The first-order valence-electron chi connectivity index (χ1n) is 8.43. The molecular formula is C17H29N3. The van der Waals surface area contributed by atoms with Gasteiger partial charge < -0.3 is 9.88 Å². The van der Waals surface area contributed by atoms with Gasteiger partial charge in [0.2, 0.25) is 0 Å². The number of hydrogen-bond acceptors (Lipinski definition) is 2. The van der Waals surface area contributed by atoms with E-state index in [4.69, 9.17) is 0 Å². The molecule has 3 heteroatoms.